The molecule has 0 aromatic rings. The van der Waals surface area contributed by atoms with Crippen molar-refractivity contribution >= 4 is 29.5 Å². The Labute approximate surface area is 95.6 Å². The van der Waals surface area contributed by atoms with Gasteiger partial charge in [-0.15, -0.1) is 11.8 Å². The molecule has 2 aliphatic heterocycles. The van der Waals surface area contributed by atoms with Crippen molar-refractivity contribution < 1.29 is 19.4 Å². The third-order valence-corrected chi connectivity index (χ3v) is 3.76. The van der Waals surface area contributed by atoms with Crippen molar-refractivity contribution in [2.45, 2.75) is 17.6 Å². The summed E-state index contributed by atoms with van der Waals surface area (Å²) < 4.78 is 4.93. The number of carboxylic acid groups (broad SMARTS) is 1. The van der Waals surface area contributed by atoms with Crippen LogP contribution in [0, 0.1) is 0 Å². The monoisotopic (exact) mass is 245 g/mol. The highest BCUT2D eigenvalue weighted by Gasteiger charge is 2.52. The number of carbonyl (C=O) groups excluding carboxylic acids is 1. The molecule has 1 amide bonds. The third kappa shape index (κ3) is 1.54. The number of aliphatic carboxylic acids is 1. The first-order chi connectivity index (χ1) is 7.56. The highest BCUT2D eigenvalue weighted by Crippen LogP contribution is 2.33. The highest BCUT2D eigenvalue weighted by molar-refractivity contribution is 8.00. The van der Waals surface area contributed by atoms with E-state index in [1.807, 2.05) is 0 Å². The van der Waals surface area contributed by atoms with Gasteiger partial charge in [-0.05, 0) is 0 Å². The minimum Gasteiger partial charge on any atom is -0.484 e. The molecule has 2 heterocycles. The second-order valence-electron chi connectivity index (χ2n) is 3.41. The number of hydrogen-bond acceptors (Lipinski definition) is 6. The van der Waals surface area contributed by atoms with Crippen molar-refractivity contribution in [1.29, 1.82) is 0 Å². The van der Waals surface area contributed by atoms with Crippen LogP contribution in [0.15, 0.2) is 4.99 Å². The SMILES string of the molecule is COC1=N[C@@H](C(=O)O)N2C(=O)C(N)C2SC1. The highest BCUT2D eigenvalue weighted by atomic mass is 32.2. The molecular formula is C8H11N3O4S. The Morgan fingerprint density at radius 2 is 2.44 bits per heavy atom. The lowest BCUT2D eigenvalue weighted by molar-refractivity contribution is -0.159. The zero-order valence-electron chi connectivity index (χ0n) is 8.49. The lowest BCUT2D eigenvalue weighted by atomic mass is 10.1. The van der Waals surface area contributed by atoms with Crippen molar-refractivity contribution in [2.75, 3.05) is 12.9 Å². The van der Waals surface area contributed by atoms with Crippen LogP contribution in [0.5, 0.6) is 0 Å². The fourth-order valence-corrected chi connectivity index (χ4v) is 2.84. The van der Waals surface area contributed by atoms with Crippen LogP contribution in [0.1, 0.15) is 0 Å². The molecule has 1 saturated heterocycles. The number of nitrogens with two attached hydrogens (primary N) is 1. The van der Waals surface area contributed by atoms with Crippen molar-refractivity contribution in [3.05, 3.63) is 0 Å². The fraction of sp³-hybridized carbons (Fsp3) is 0.625. The van der Waals surface area contributed by atoms with E-state index in [9.17, 15) is 9.59 Å². The summed E-state index contributed by atoms with van der Waals surface area (Å²) >= 11 is 1.36. The summed E-state index contributed by atoms with van der Waals surface area (Å²) in [6, 6.07) is -0.641. The molecule has 0 radical (unpaired) electrons. The fourth-order valence-electron chi connectivity index (χ4n) is 1.63. The number of amides is 1. The van der Waals surface area contributed by atoms with Crippen LogP contribution < -0.4 is 5.73 Å². The predicted molar refractivity (Wildman–Crippen MR) is 56.9 cm³/mol. The molecule has 88 valence electrons. The Bertz CT molecular complexity index is 372. The number of β-lactam (4-membered cyclic amide) rings is 1. The molecule has 0 bridgehead atoms. The van der Waals surface area contributed by atoms with Crippen LogP contribution >= 0.6 is 11.8 Å². The average molecular weight is 245 g/mol. The van der Waals surface area contributed by atoms with Gasteiger partial charge in [-0.25, -0.2) is 9.79 Å². The van der Waals surface area contributed by atoms with E-state index in [0.29, 0.717) is 11.7 Å². The zero-order chi connectivity index (χ0) is 11.9. The van der Waals surface area contributed by atoms with E-state index in [0.717, 1.165) is 0 Å². The molecule has 0 spiro atoms. The average Bonchev–Trinajstić information content (AvgIpc) is 2.45. The van der Waals surface area contributed by atoms with Crippen LogP contribution in [-0.4, -0.2) is 58.2 Å². The number of hydrogen-bond donors (Lipinski definition) is 2. The van der Waals surface area contributed by atoms with Gasteiger partial charge in [0.1, 0.15) is 11.4 Å². The standard InChI is InChI=1S/C8H11N3O4S/c1-15-3-2-16-7-4(9)6(12)11(7)5(10-3)8(13)14/h4-5,7H,2,9H2,1H3,(H,13,14)/t4?,5-,7?/m1/s1. The van der Waals surface area contributed by atoms with E-state index in [2.05, 4.69) is 4.99 Å². The van der Waals surface area contributed by atoms with E-state index in [1.165, 1.54) is 23.8 Å². The Morgan fingerprint density at radius 3 is 3.00 bits per heavy atom. The van der Waals surface area contributed by atoms with E-state index in [4.69, 9.17) is 15.6 Å². The van der Waals surface area contributed by atoms with Crippen LogP contribution in [-0.2, 0) is 14.3 Å². The van der Waals surface area contributed by atoms with E-state index in [1.54, 1.807) is 0 Å². The second-order valence-corrected chi connectivity index (χ2v) is 4.52. The predicted octanol–water partition coefficient (Wildman–Crippen LogP) is -1.32. The number of aliphatic imine (C=N–C) groups is 1. The first-order valence-electron chi connectivity index (χ1n) is 4.59. The molecule has 3 N–H and O–H groups in total. The largest absolute Gasteiger partial charge is 0.484 e. The van der Waals surface area contributed by atoms with E-state index < -0.39 is 18.2 Å². The maximum atomic E-state index is 11.5. The number of nitrogens with zero attached hydrogens (tertiary/aromatic N) is 2. The van der Waals surface area contributed by atoms with Crippen LogP contribution in [0.4, 0.5) is 0 Å². The molecule has 8 heteroatoms. The minimum atomic E-state index is -1.22. The number of carboxylic acids is 1. The summed E-state index contributed by atoms with van der Waals surface area (Å²) in [7, 11) is 1.42. The van der Waals surface area contributed by atoms with Gasteiger partial charge in [-0.3, -0.25) is 9.69 Å². The third-order valence-electron chi connectivity index (χ3n) is 2.48. The summed E-state index contributed by atoms with van der Waals surface area (Å²) in [5.41, 5.74) is 5.60. The quantitative estimate of drug-likeness (QED) is 0.555. The number of thioether (sulfide) groups is 1. The van der Waals surface area contributed by atoms with Crippen LogP contribution in [0.3, 0.4) is 0 Å². The van der Waals surface area contributed by atoms with Crippen molar-refractivity contribution in [2.24, 2.45) is 10.7 Å². The molecule has 7 nitrogen and oxygen atoms in total. The number of rotatable bonds is 1. The maximum absolute atomic E-state index is 11.5. The molecule has 2 aliphatic rings. The molecule has 16 heavy (non-hydrogen) atoms. The van der Waals surface area contributed by atoms with Gasteiger partial charge in [0.05, 0.1) is 12.9 Å². The van der Waals surface area contributed by atoms with Crippen molar-refractivity contribution in [3.8, 4) is 0 Å². The van der Waals surface area contributed by atoms with Crippen LogP contribution in [0.2, 0.25) is 0 Å². The molecule has 0 saturated carbocycles. The molecule has 0 aliphatic carbocycles. The normalized spacial score (nSPS) is 33.4. The number of methoxy groups -OCH3 is 1. The molecule has 2 unspecified atom stereocenters. The van der Waals surface area contributed by atoms with Gasteiger partial charge < -0.3 is 15.6 Å². The molecule has 1 fully saturated rings. The molecular weight excluding hydrogens is 234 g/mol. The van der Waals surface area contributed by atoms with Gasteiger partial charge >= 0.3 is 5.97 Å². The first-order valence-corrected chi connectivity index (χ1v) is 5.64. The maximum Gasteiger partial charge on any atom is 0.349 e. The molecule has 0 aromatic heterocycles. The second kappa shape index (κ2) is 3.95. The van der Waals surface area contributed by atoms with Gasteiger partial charge in [0, 0.05) is 0 Å². The Morgan fingerprint density at radius 1 is 1.75 bits per heavy atom. The lowest BCUT2D eigenvalue weighted by Gasteiger charge is -2.44. The van der Waals surface area contributed by atoms with E-state index >= 15 is 0 Å². The number of fused-ring (bicyclic) bond motifs is 1. The van der Waals surface area contributed by atoms with Gasteiger partial charge in [-0.1, -0.05) is 0 Å². The lowest BCUT2D eigenvalue weighted by Crippen LogP contribution is -2.70. The molecule has 2 rings (SSSR count). The Kier molecular flexibility index (Phi) is 2.76. The van der Waals surface area contributed by atoms with E-state index in [-0.39, 0.29) is 11.3 Å². The summed E-state index contributed by atoms with van der Waals surface area (Å²) in [5, 5.41) is 8.67. The zero-order valence-corrected chi connectivity index (χ0v) is 9.31. The van der Waals surface area contributed by atoms with Crippen LogP contribution in [0.25, 0.3) is 0 Å². The van der Waals surface area contributed by atoms with Crippen molar-refractivity contribution in [3.63, 3.8) is 0 Å². The number of ether oxygens (including phenoxy) is 1. The summed E-state index contributed by atoms with van der Waals surface area (Å²) in [6.07, 6.45) is -1.22. The first kappa shape index (κ1) is 11.2. The topological polar surface area (TPSA) is 105 Å². The minimum absolute atomic E-state index is 0.312. The van der Waals surface area contributed by atoms with Gasteiger partial charge in [0.2, 0.25) is 12.1 Å². The Balaban J connectivity index is 2.29. The smallest absolute Gasteiger partial charge is 0.349 e. The van der Waals surface area contributed by atoms with Gasteiger partial charge in [0.25, 0.3) is 0 Å². The summed E-state index contributed by atoms with van der Waals surface area (Å²) in [6.45, 7) is 0. The summed E-state index contributed by atoms with van der Waals surface area (Å²) in [4.78, 5) is 27.5. The number of carbonyl (C=O) groups is 2. The molecule has 3 atom stereocenters. The van der Waals surface area contributed by atoms with Crippen molar-refractivity contribution in [1.82, 2.24) is 4.90 Å². The van der Waals surface area contributed by atoms with Gasteiger partial charge in [0.15, 0.2) is 5.90 Å². The Hall–Kier alpha value is -1.28. The van der Waals surface area contributed by atoms with Gasteiger partial charge in [-0.2, -0.15) is 0 Å². The summed E-state index contributed by atoms with van der Waals surface area (Å²) in [5.74, 6) is -0.831. The molecule has 0 aromatic carbocycles.